The molecular formula is C14H23BrCl2N4O. The van der Waals surface area contributed by atoms with Gasteiger partial charge in [0, 0.05) is 16.7 Å². The molecule has 126 valence electrons. The van der Waals surface area contributed by atoms with Crippen LogP contribution >= 0.6 is 40.7 Å². The number of nitrogens with two attached hydrogens (primary N) is 1. The van der Waals surface area contributed by atoms with E-state index < -0.39 is 0 Å². The number of hydrogen-bond donors (Lipinski definition) is 2. The first-order chi connectivity index (χ1) is 9.69. The Labute approximate surface area is 152 Å². The maximum atomic E-state index is 12.1. The number of carbonyl (C=O) groups is 1. The summed E-state index contributed by atoms with van der Waals surface area (Å²) in [6, 6.07) is 4.09. The van der Waals surface area contributed by atoms with Crippen molar-refractivity contribution in [3.05, 3.63) is 22.8 Å². The Morgan fingerprint density at radius 2 is 2.18 bits per heavy atom. The second-order valence-electron chi connectivity index (χ2n) is 5.11. The third-order valence-corrected chi connectivity index (χ3v) is 4.06. The number of carbonyl (C=O) groups excluding carboxylic acids is 1. The zero-order valence-electron chi connectivity index (χ0n) is 12.3. The average Bonchev–Trinajstić information content (AvgIpc) is 2.44. The van der Waals surface area contributed by atoms with Crippen LogP contribution in [0, 0.1) is 0 Å². The van der Waals surface area contributed by atoms with Crippen LogP contribution in [0.2, 0.25) is 0 Å². The van der Waals surface area contributed by atoms with Crippen molar-refractivity contribution in [3.8, 4) is 0 Å². The van der Waals surface area contributed by atoms with Gasteiger partial charge in [0.2, 0.25) is 5.91 Å². The Balaban J connectivity index is 0.00000220. The Morgan fingerprint density at radius 3 is 2.82 bits per heavy atom. The van der Waals surface area contributed by atoms with E-state index in [0.29, 0.717) is 24.9 Å². The summed E-state index contributed by atoms with van der Waals surface area (Å²) in [5.41, 5.74) is 5.65. The zero-order chi connectivity index (χ0) is 14.4. The molecule has 1 atom stereocenters. The lowest BCUT2D eigenvalue weighted by atomic mass is 9.99. The minimum absolute atomic E-state index is 0. The SMILES string of the molecule is Cl.Cl.NCCC1CCCCN1CC(=O)Nc1ccc(Br)cn1. The minimum Gasteiger partial charge on any atom is -0.330 e. The number of nitrogens with one attached hydrogen (secondary N) is 1. The number of nitrogens with zero attached hydrogens (tertiary/aromatic N) is 2. The molecular weight excluding hydrogens is 391 g/mol. The molecule has 0 saturated carbocycles. The van der Waals surface area contributed by atoms with E-state index in [1.807, 2.05) is 6.07 Å². The second-order valence-corrected chi connectivity index (χ2v) is 6.02. The van der Waals surface area contributed by atoms with E-state index in [1.165, 1.54) is 6.42 Å². The van der Waals surface area contributed by atoms with E-state index in [4.69, 9.17) is 5.73 Å². The van der Waals surface area contributed by atoms with Gasteiger partial charge < -0.3 is 11.1 Å². The number of likely N-dealkylation sites (tertiary alicyclic amines) is 1. The first kappa shape index (κ1) is 21.6. The van der Waals surface area contributed by atoms with Gasteiger partial charge in [-0.2, -0.15) is 0 Å². The van der Waals surface area contributed by atoms with Gasteiger partial charge in [0.15, 0.2) is 0 Å². The maximum absolute atomic E-state index is 12.1. The third-order valence-electron chi connectivity index (χ3n) is 3.59. The smallest absolute Gasteiger partial charge is 0.239 e. The van der Waals surface area contributed by atoms with Crippen LogP contribution in [0.15, 0.2) is 22.8 Å². The minimum atomic E-state index is -0.0104. The molecule has 0 bridgehead atoms. The molecule has 0 spiro atoms. The fourth-order valence-electron chi connectivity index (χ4n) is 2.60. The van der Waals surface area contributed by atoms with Gasteiger partial charge in [-0.1, -0.05) is 6.42 Å². The molecule has 1 unspecified atom stereocenters. The standard InChI is InChI=1S/C14H21BrN4O.2ClH/c15-11-4-5-13(17-9-11)18-14(20)10-19-8-2-1-3-12(19)6-7-16;;/h4-5,9,12H,1-3,6-8,10,16H2,(H,17,18,20);2*1H. The average molecular weight is 414 g/mol. The van der Waals surface area contributed by atoms with Crippen molar-refractivity contribution < 1.29 is 4.79 Å². The molecule has 1 aliphatic heterocycles. The number of anilines is 1. The normalized spacial score (nSPS) is 18.0. The van der Waals surface area contributed by atoms with Crippen molar-refractivity contribution in [2.45, 2.75) is 31.7 Å². The van der Waals surface area contributed by atoms with Crippen LogP contribution in [-0.4, -0.2) is 41.5 Å². The van der Waals surface area contributed by atoms with E-state index in [-0.39, 0.29) is 30.7 Å². The Kier molecular flexibility index (Phi) is 11.0. The first-order valence-corrected chi connectivity index (χ1v) is 7.84. The molecule has 1 aromatic rings. The molecule has 22 heavy (non-hydrogen) atoms. The van der Waals surface area contributed by atoms with Crippen LogP contribution in [0.4, 0.5) is 5.82 Å². The summed E-state index contributed by atoms with van der Waals surface area (Å²) < 4.78 is 0.898. The van der Waals surface area contributed by atoms with Crippen molar-refractivity contribution in [2.24, 2.45) is 5.73 Å². The predicted octanol–water partition coefficient (Wildman–Crippen LogP) is 2.83. The van der Waals surface area contributed by atoms with Gasteiger partial charge in [0.25, 0.3) is 0 Å². The molecule has 1 saturated heterocycles. The van der Waals surface area contributed by atoms with Crippen LogP contribution in [0.3, 0.4) is 0 Å². The molecule has 1 amide bonds. The Morgan fingerprint density at radius 1 is 1.41 bits per heavy atom. The van der Waals surface area contributed by atoms with Gasteiger partial charge in [0.05, 0.1) is 6.54 Å². The van der Waals surface area contributed by atoms with E-state index in [0.717, 1.165) is 30.3 Å². The molecule has 5 nitrogen and oxygen atoms in total. The Hall–Kier alpha value is -0.400. The maximum Gasteiger partial charge on any atom is 0.239 e. The van der Waals surface area contributed by atoms with Gasteiger partial charge in [-0.3, -0.25) is 9.69 Å². The highest BCUT2D eigenvalue weighted by molar-refractivity contribution is 9.10. The summed E-state index contributed by atoms with van der Waals surface area (Å²) in [6.07, 6.45) is 6.17. The predicted molar refractivity (Wildman–Crippen MR) is 97.9 cm³/mol. The number of aromatic nitrogens is 1. The van der Waals surface area contributed by atoms with Crippen LogP contribution in [-0.2, 0) is 4.79 Å². The molecule has 0 radical (unpaired) electrons. The largest absolute Gasteiger partial charge is 0.330 e. The van der Waals surface area contributed by atoms with Crippen LogP contribution < -0.4 is 11.1 Å². The van der Waals surface area contributed by atoms with Crippen molar-refractivity contribution in [1.82, 2.24) is 9.88 Å². The van der Waals surface area contributed by atoms with Gasteiger partial charge >= 0.3 is 0 Å². The van der Waals surface area contributed by atoms with Crippen LogP contribution in [0.25, 0.3) is 0 Å². The summed E-state index contributed by atoms with van der Waals surface area (Å²) in [5.74, 6) is 0.578. The summed E-state index contributed by atoms with van der Waals surface area (Å²) in [4.78, 5) is 18.5. The summed E-state index contributed by atoms with van der Waals surface area (Å²) >= 11 is 3.32. The lowest BCUT2D eigenvalue weighted by Gasteiger charge is -2.34. The van der Waals surface area contributed by atoms with Gasteiger partial charge in [-0.05, 0) is 60.4 Å². The van der Waals surface area contributed by atoms with E-state index in [9.17, 15) is 4.79 Å². The molecule has 3 N–H and O–H groups in total. The van der Waals surface area contributed by atoms with Crippen LogP contribution in [0.1, 0.15) is 25.7 Å². The Bertz CT molecular complexity index is 445. The molecule has 1 aliphatic rings. The summed E-state index contributed by atoms with van der Waals surface area (Å²) in [5, 5.41) is 2.84. The first-order valence-electron chi connectivity index (χ1n) is 7.04. The number of pyridine rings is 1. The van der Waals surface area contributed by atoms with Crippen molar-refractivity contribution in [3.63, 3.8) is 0 Å². The highest BCUT2D eigenvalue weighted by Gasteiger charge is 2.23. The lowest BCUT2D eigenvalue weighted by molar-refractivity contribution is -0.118. The number of rotatable bonds is 5. The summed E-state index contributed by atoms with van der Waals surface area (Å²) in [7, 11) is 0. The fourth-order valence-corrected chi connectivity index (χ4v) is 2.84. The number of piperidine rings is 1. The lowest BCUT2D eigenvalue weighted by Crippen LogP contribution is -2.44. The number of amides is 1. The molecule has 0 aromatic carbocycles. The fraction of sp³-hybridized carbons (Fsp3) is 0.571. The number of halogens is 3. The van der Waals surface area contributed by atoms with Gasteiger partial charge in [-0.25, -0.2) is 4.98 Å². The van der Waals surface area contributed by atoms with E-state index >= 15 is 0 Å². The van der Waals surface area contributed by atoms with Crippen molar-refractivity contribution >= 4 is 52.5 Å². The molecule has 2 heterocycles. The monoisotopic (exact) mass is 412 g/mol. The van der Waals surface area contributed by atoms with E-state index in [2.05, 4.69) is 31.1 Å². The molecule has 0 aliphatic carbocycles. The van der Waals surface area contributed by atoms with Crippen LogP contribution in [0.5, 0.6) is 0 Å². The van der Waals surface area contributed by atoms with Gasteiger partial charge in [-0.15, -0.1) is 24.8 Å². The quantitative estimate of drug-likeness (QED) is 0.778. The molecule has 8 heteroatoms. The third kappa shape index (κ3) is 6.79. The van der Waals surface area contributed by atoms with Crippen molar-refractivity contribution in [1.29, 1.82) is 0 Å². The topological polar surface area (TPSA) is 71.2 Å². The second kappa shape index (κ2) is 11.2. The van der Waals surface area contributed by atoms with Crippen molar-refractivity contribution in [2.75, 3.05) is 25.0 Å². The number of hydrogen-bond acceptors (Lipinski definition) is 4. The van der Waals surface area contributed by atoms with E-state index in [1.54, 1.807) is 12.3 Å². The van der Waals surface area contributed by atoms with Gasteiger partial charge in [0.1, 0.15) is 5.82 Å². The summed E-state index contributed by atoms with van der Waals surface area (Å²) in [6.45, 7) is 2.07. The highest BCUT2D eigenvalue weighted by Crippen LogP contribution is 2.19. The highest BCUT2D eigenvalue weighted by atomic mass is 79.9. The molecule has 1 fully saturated rings. The zero-order valence-corrected chi connectivity index (χ0v) is 15.6. The molecule has 2 rings (SSSR count). The molecule has 1 aromatic heterocycles.